The Balaban J connectivity index is 1.77. The van der Waals surface area contributed by atoms with Gasteiger partial charge in [-0.15, -0.1) is 0 Å². The molecule has 0 radical (unpaired) electrons. The van der Waals surface area contributed by atoms with Gasteiger partial charge in [0.2, 0.25) is 5.91 Å². The third-order valence-electron chi connectivity index (χ3n) is 3.77. The molecule has 3 heterocycles. The van der Waals surface area contributed by atoms with E-state index in [1.54, 1.807) is 6.20 Å². The maximum atomic E-state index is 12.4. The van der Waals surface area contributed by atoms with E-state index in [1.165, 1.54) is 0 Å². The molecule has 0 saturated heterocycles. The number of carbonyl (C=O) groups excluding carboxylic acids is 1. The average molecular weight is 302 g/mol. The number of rotatable bonds is 4. The zero-order valence-electron chi connectivity index (χ0n) is 13.2. The van der Waals surface area contributed by atoms with Crippen LogP contribution in [0.5, 0.6) is 0 Å². The fraction of sp³-hybridized carbons (Fsp3) is 0.500. The molecule has 0 saturated carbocycles. The van der Waals surface area contributed by atoms with Crippen molar-refractivity contribution in [2.45, 2.75) is 45.9 Å². The fourth-order valence-corrected chi connectivity index (χ4v) is 2.85. The minimum Gasteiger partial charge on any atom is -0.465 e. The number of hydrogen-bond donors (Lipinski definition) is 1. The first kappa shape index (κ1) is 14.8. The molecule has 1 N–H and O–H groups in total. The molecule has 1 amide bonds. The summed E-state index contributed by atoms with van der Waals surface area (Å²) in [6.07, 6.45) is 1.76. The molecular formula is C16H22N4O2. The number of nitrogens with one attached hydrogen (secondary N) is 1. The average Bonchev–Trinajstić information content (AvgIpc) is 3.06. The molecule has 118 valence electrons. The first-order chi connectivity index (χ1) is 10.5. The van der Waals surface area contributed by atoms with E-state index in [0.717, 1.165) is 23.8 Å². The summed E-state index contributed by atoms with van der Waals surface area (Å²) in [5.74, 6) is 1.85. The molecule has 22 heavy (non-hydrogen) atoms. The molecule has 2 aromatic heterocycles. The highest BCUT2D eigenvalue weighted by Crippen LogP contribution is 2.22. The van der Waals surface area contributed by atoms with Crippen molar-refractivity contribution >= 4 is 5.91 Å². The number of aryl methyl sites for hydroxylation is 1. The summed E-state index contributed by atoms with van der Waals surface area (Å²) in [6, 6.07) is 5.75. The number of nitrogens with zero attached hydrogens (tertiary/aromatic N) is 3. The van der Waals surface area contributed by atoms with E-state index in [0.29, 0.717) is 13.1 Å². The molecule has 6 heteroatoms. The van der Waals surface area contributed by atoms with Crippen LogP contribution in [-0.4, -0.2) is 33.2 Å². The molecule has 0 aromatic carbocycles. The van der Waals surface area contributed by atoms with Gasteiger partial charge in [0.25, 0.3) is 0 Å². The van der Waals surface area contributed by atoms with Gasteiger partial charge in [-0.25, -0.2) is 0 Å². The zero-order valence-corrected chi connectivity index (χ0v) is 13.2. The van der Waals surface area contributed by atoms with Crippen molar-refractivity contribution in [1.29, 1.82) is 0 Å². The minimum atomic E-state index is -0.294. The smallest absolute Gasteiger partial charge is 0.246 e. The quantitative estimate of drug-likeness (QED) is 0.936. The van der Waals surface area contributed by atoms with Gasteiger partial charge in [0.15, 0.2) is 0 Å². The van der Waals surface area contributed by atoms with Crippen molar-refractivity contribution in [3.8, 4) is 0 Å². The van der Waals surface area contributed by atoms with Crippen molar-refractivity contribution in [3.63, 3.8) is 0 Å². The summed E-state index contributed by atoms with van der Waals surface area (Å²) in [6.45, 7) is 7.97. The van der Waals surface area contributed by atoms with Crippen LogP contribution in [0.2, 0.25) is 0 Å². The number of carbonyl (C=O) groups is 1. The maximum absolute atomic E-state index is 12.4. The molecule has 0 bridgehead atoms. The van der Waals surface area contributed by atoms with Crippen LogP contribution >= 0.6 is 0 Å². The maximum Gasteiger partial charge on any atom is 0.246 e. The summed E-state index contributed by atoms with van der Waals surface area (Å²) in [4.78, 5) is 14.7. The molecule has 3 rings (SSSR count). The summed E-state index contributed by atoms with van der Waals surface area (Å²) in [7, 11) is 0. The molecular weight excluding hydrogens is 280 g/mol. The van der Waals surface area contributed by atoms with E-state index in [9.17, 15) is 4.79 Å². The van der Waals surface area contributed by atoms with Gasteiger partial charge in [-0.2, -0.15) is 5.10 Å². The van der Waals surface area contributed by atoms with E-state index in [-0.39, 0.29) is 18.0 Å². The highest BCUT2D eigenvalue weighted by atomic mass is 16.3. The predicted molar refractivity (Wildman–Crippen MR) is 82.1 cm³/mol. The summed E-state index contributed by atoms with van der Waals surface area (Å²) < 4.78 is 7.49. The number of amides is 1. The van der Waals surface area contributed by atoms with E-state index in [1.807, 2.05) is 43.7 Å². The Labute approximate surface area is 130 Å². The number of hydrogen-bond acceptors (Lipinski definition) is 4. The van der Waals surface area contributed by atoms with Crippen molar-refractivity contribution in [2.24, 2.45) is 0 Å². The van der Waals surface area contributed by atoms with Crippen LogP contribution in [-0.2, 0) is 17.9 Å². The van der Waals surface area contributed by atoms with Crippen LogP contribution in [0.15, 0.2) is 28.8 Å². The lowest BCUT2D eigenvalue weighted by molar-refractivity contribution is -0.126. The second kappa shape index (κ2) is 5.96. The Morgan fingerprint density at radius 3 is 2.95 bits per heavy atom. The third kappa shape index (κ3) is 3.06. The van der Waals surface area contributed by atoms with Gasteiger partial charge in [0.1, 0.15) is 17.6 Å². The van der Waals surface area contributed by atoms with Gasteiger partial charge in [0, 0.05) is 25.3 Å². The monoisotopic (exact) mass is 302 g/mol. The molecule has 1 aliphatic rings. The first-order valence-corrected chi connectivity index (χ1v) is 7.63. The van der Waals surface area contributed by atoms with E-state index in [2.05, 4.69) is 15.3 Å². The lowest BCUT2D eigenvalue weighted by atomic mass is 10.1. The van der Waals surface area contributed by atoms with Crippen LogP contribution in [0.4, 0.5) is 0 Å². The van der Waals surface area contributed by atoms with E-state index in [4.69, 9.17) is 4.42 Å². The van der Waals surface area contributed by atoms with Gasteiger partial charge in [0.05, 0.1) is 12.2 Å². The van der Waals surface area contributed by atoms with Gasteiger partial charge < -0.3 is 9.73 Å². The molecule has 0 fully saturated rings. The normalized spacial score (nSPS) is 18.5. The van der Waals surface area contributed by atoms with E-state index >= 15 is 0 Å². The standard InChI is InChI=1S/C16H22N4O2/c1-11(2)18-16(21)15-10-19(8-13-6-7-17-20(13)15)9-14-5-4-12(3)22-14/h4-7,11,15H,8-10H2,1-3H3,(H,18,21)/t15-/m1/s1. The largest absolute Gasteiger partial charge is 0.465 e. The van der Waals surface area contributed by atoms with Crippen LogP contribution in [0, 0.1) is 6.92 Å². The number of furan rings is 1. The van der Waals surface area contributed by atoms with Gasteiger partial charge >= 0.3 is 0 Å². The Bertz CT molecular complexity index is 659. The van der Waals surface area contributed by atoms with Crippen LogP contribution in [0.25, 0.3) is 0 Å². The van der Waals surface area contributed by atoms with Gasteiger partial charge in [-0.3, -0.25) is 14.4 Å². The van der Waals surface area contributed by atoms with Crippen molar-refractivity contribution < 1.29 is 9.21 Å². The van der Waals surface area contributed by atoms with Crippen LogP contribution < -0.4 is 5.32 Å². The van der Waals surface area contributed by atoms with Gasteiger partial charge in [-0.05, 0) is 39.0 Å². The second-order valence-corrected chi connectivity index (χ2v) is 6.13. The summed E-state index contributed by atoms with van der Waals surface area (Å²) in [5, 5.41) is 7.30. The highest BCUT2D eigenvalue weighted by molar-refractivity contribution is 5.80. The van der Waals surface area contributed by atoms with Crippen molar-refractivity contribution in [3.05, 3.63) is 41.6 Å². The zero-order chi connectivity index (χ0) is 15.7. The van der Waals surface area contributed by atoms with Crippen LogP contribution in [0.1, 0.15) is 37.1 Å². The molecule has 0 unspecified atom stereocenters. The first-order valence-electron chi connectivity index (χ1n) is 7.63. The lowest BCUT2D eigenvalue weighted by Gasteiger charge is -2.33. The second-order valence-electron chi connectivity index (χ2n) is 6.13. The lowest BCUT2D eigenvalue weighted by Crippen LogP contribution is -2.46. The Morgan fingerprint density at radius 2 is 2.27 bits per heavy atom. The molecule has 2 aromatic rings. The Hall–Kier alpha value is -2.08. The van der Waals surface area contributed by atoms with Gasteiger partial charge in [-0.1, -0.05) is 0 Å². The Kier molecular flexibility index (Phi) is 4.02. The van der Waals surface area contributed by atoms with E-state index < -0.39 is 0 Å². The van der Waals surface area contributed by atoms with Crippen molar-refractivity contribution in [2.75, 3.05) is 6.54 Å². The molecule has 1 atom stereocenters. The highest BCUT2D eigenvalue weighted by Gasteiger charge is 2.31. The minimum absolute atomic E-state index is 0.0141. The summed E-state index contributed by atoms with van der Waals surface area (Å²) >= 11 is 0. The predicted octanol–water partition coefficient (Wildman–Crippen LogP) is 1.87. The SMILES string of the molecule is Cc1ccc(CN2Cc3ccnn3[C@@H](C(=O)NC(C)C)C2)o1. The molecule has 0 spiro atoms. The molecule has 0 aliphatic carbocycles. The molecule has 6 nitrogen and oxygen atoms in total. The fourth-order valence-electron chi connectivity index (χ4n) is 2.85. The summed E-state index contributed by atoms with van der Waals surface area (Å²) in [5.41, 5.74) is 1.05. The Morgan fingerprint density at radius 1 is 1.45 bits per heavy atom. The van der Waals surface area contributed by atoms with Crippen LogP contribution in [0.3, 0.4) is 0 Å². The number of aromatic nitrogens is 2. The van der Waals surface area contributed by atoms with Crippen molar-refractivity contribution in [1.82, 2.24) is 20.0 Å². The number of fused-ring (bicyclic) bond motifs is 1. The topological polar surface area (TPSA) is 63.3 Å². The third-order valence-corrected chi connectivity index (χ3v) is 3.77. The molecule has 1 aliphatic heterocycles.